The third kappa shape index (κ3) is 2.74. The summed E-state index contributed by atoms with van der Waals surface area (Å²) in [5.41, 5.74) is 3.02. The highest BCUT2D eigenvalue weighted by Gasteiger charge is 2.00. The molecular weight excluding hydrogens is 254 g/mol. The number of nitrogens with one attached hydrogen (secondary N) is 3. The SMILES string of the molecule is S=C(Nc1ccccc1)Nc1ccc2cc[nH]c2c1. The van der Waals surface area contributed by atoms with Gasteiger partial charge in [-0.25, -0.2) is 0 Å². The largest absolute Gasteiger partial charge is 0.361 e. The fraction of sp³-hybridized carbons (Fsp3) is 0. The maximum atomic E-state index is 5.29. The summed E-state index contributed by atoms with van der Waals surface area (Å²) in [6.45, 7) is 0. The smallest absolute Gasteiger partial charge is 0.175 e. The Morgan fingerprint density at radius 2 is 1.68 bits per heavy atom. The number of fused-ring (bicyclic) bond motifs is 1. The van der Waals surface area contributed by atoms with Crippen LogP contribution in [0.5, 0.6) is 0 Å². The van der Waals surface area contributed by atoms with Crippen molar-refractivity contribution in [2.45, 2.75) is 0 Å². The molecule has 0 aliphatic heterocycles. The minimum absolute atomic E-state index is 0.581. The van der Waals surface area contributed by atoms with E-state index in [2.05, 4.69) is 21.7 Å². The van der Waals surface area contributed by atoms with Gasteiger partial charge in [-0.05, 0) is 47.9 Å². The molecule has 1 heterocycles. The van der Waals surface area contributed by atoms with Crippen LogP contribution in [-0.4, -0.2) is 10.1 Å². The van der Waals surface area contributed by atoms with Gasteiger partial charge in [-0.1, -0.05) is 24.3 Å². The Kier molecular flexibility index (Phi) is 3.16. The second-order valence-electron chi connectivity index (χ2n) is 4.22. The molecule has 0 amide bonds. The average molecular weight is 267 g/mol. The maximum Gasteiger partial charge on any atom is 0.175 e. The lowest BCUT2D eigenvalue weighted by Gasteiger charge is -2.10. The normalized spacial score (nSPS) is 10.3. The van der Waals surface area contributed by atoms with E-state index in [1.54, 1.807) is 0 Å². The van der Waals surface area contributed by atoms with Crippen LogP contribution in [0.3, 0.4) is 0 Å². The molecule has 3 N–H and O–H groups in total. The Balaban J connectivity index is 1.72. The summed E-state index contributed by atoms with van der Waals surface area (Å²) in [6, 6.07) is 18.0. The van der Waals surface area contributed by atoms with Gasteiger partial charge in [0.15, 0.2) is 5.11 Å². The number of para-hydroxylation sites is 1. The number of hydrogen-bond donors (Lipinski definition) is 3. The van der Waals surface area contributed by atoms with Crippen LogP contribution in [0.2, 0.25) is 0 Å². The van der Waals surface area contributed by atoms with E-state index in [4.69, 9.17) is 12.2 Å². The molecule has 19 heavy (non-hydrogen) atoms. The number of thiocarbonyl (C=S) groups is 1. The number of aromatic nitrogens is 1. The number of rotatable bonds is 2. The zero-order chi connectivity index (χ0) is 13.1. The predicted molar refractivity (Wildman–Crippen MR) is 84.6 cm³/mol. The summed E-state index contributed by atoms with van der Waals surface area (Å²) < 4.78 is 0. The maximum absolute atomic E-state index is 5.29. The van der Waals surface area contributed by atoms with Gasteiger partial charge in [-0.3, -0.25) is 0 Å². The minimum Gasteiger partial charge on any atom is -0.361 e. The van der Waals surface area contributed by atoms with Crippen molar-refractivity contribution in [2.24, 2.45) is 0 Å². The molecule has 0 fully saturated rings. The molecule has 94 valence electrons. The first kappa shape index (κ1) is 11.7. The lowest BCUT2D eigenvalue weighted by molar-refractivity contribution is 1.48. The molecule has 3 aromatic rings. The van der Waals surface area contributed by atoms with E-state index >= 15 is 0 Å². The summed E-state index contributed by atoms with van der Waals surface area (Å²) in [5, 5.41) is 8.08. The first-order chi connectivity index (χ1) is 9.31. The Hall–Kier alpha value is -2.33. The van der Waals surface area contributed by atoms with Crippen LogP contribution >= 0.6 is 12.2 Å². The lowest BCUT2D eigenvalue weighted by Crippen LogP contribution is -2.18. The van der Waals surface area contributed by atoms with E-state index in [0.717, 1.165) is 16.9 Å². The number of benzene rings is 2. The van der Waals surface area contributed by atoms with Gasteiger partial charge in [0.2, 0.25) is 0 Å². The van der Waals surface area contributed by atoms with Crippen molar-refractivity contribution in [1.82, 2.24) is 4.98 Å². The minimum atomic E-state index is 0.581. The first-order valence-corrected chi connectivity index (χ1v) is 6.42. The van der Waals surface area contributed by atoms with Crippen LogP contribution in [0.1, 0.15) is 0 Å². The molecule has 0 bridgehead atoms. The number of aromatic amines is 1. The zero-order valence-electron chi connectivity index (χ0n) is 10.2. The molecule has 3 nitrogen and oxygen atoms in total. The molecule has 2 aromatic carbocycles. The van der Waals surface area contributed by atoms with Crippen molar-refractivity contribution < 1.29 is 0 Å². The van der Waals surface area contributed by atoms with E-state index in [1.165, 1.54) is 5.39 Å². The Labute approximate surface area is 116 Å². The van der Waals surface area contributed by atoms with Gasteiger partial charge in [0.05, 0.1) is 0 Å². The molecule has 0 aliphatic carbocycles. The molecular formula is C15H13N3S. The van der Waals surface area contributed by atoms with Gasteiger partial charge >= 0.3 is 0 Å². The summed E-state index contributed by atoms with van der Waals surface area (Å²) >= 11 is 5.29. The molecule has 1 aromatic heterocycles. The van der Waals surface area contributed by atoms with Crippen molar-refractivity contribution in [3.05, 3.63) is 60.8 Å². The van der Waals surface area contributed by atoms with Crippen LogP contribution < -0.4 is 10.6 Å². The predicted octanol–water partition coefficient (Wildman–Crippen LogP) is 3.98. The standard InChI is InChI=1S/C15H13N3S/c19-15(17-12-4-2-1-3-5-12)18-13-7-6-11-8-9-16-14(11)10-13/h1-10,16H,(H2,17,18,19). The van der Waals surface area contributed by atoms with Gasteiger partial charge < -0.3 is 15.6 Å². The Morgan fingerprint density at radius 1 is 0.895 bits per heavy atom. The van der Waals surface area contributed by atoms with Crippen LogP contribution in [0.4, 0.5) is 11.4 Å². The lowest BCUT2D eigenvalue weighted by atomic mass is 10.2. The van der Waals surface area contributed by atoms with Gasteiger partial charge in [-0.15, -0.1) is 0 Å². The zero-order valence-corrected chi connectivity index (χ0v) is 11.0. The van der Waals surface area contributed by atoms with Gasteiger partial charge in [0.1, 0.15) is 0 Å². The highest BCUT2D eigenvalue weighted by Crippen LogP contribution is 2.18. The molecule has 0 saturated carbocycles. The summed E-state index contributed by atoms with van der Waals surface area (Å²) in [5.74, 6) is 0. The van der Waals surface area contributed by atoms with E-state index in [-0.39, 0.29) is 0 Å². The van der Waals surface area contributed by atoms with Crippen LogP contribution in [0, 0.1) is 0 Å². The van der Waals surface area contributed by atoms with Crippen molar-refractivity contribution >= 4 is 39.6 Å². The third-order valence-corrected chi connectivity index (χ3v) is 3.05. The van der Waals surface area contributed by atoms with Gasteiger partial charge in [-0.2, -0.15) is 0 Å². The molecule has 3 rings (SSSR count). The van der Waals surface area contributed by atoms with E-state index in [0.29, 0.717) is 5.11 Å². The van der Waals surface area contributed by atoms with Crippen LogP contribution in [0.25, 0.3) is 10.9 Å². The van der Waals surface area contributed by atoms with E-state index < -0.39 is 0 Å². The molecule has 0 saturated heterocycles. The molecule has 0 aliphatic rings. The molecule has 0 spiro atoms. The molecule has 0 radical (unpaired) electrons. The molecule has 0 unspecified atom stereocenters. The Bertz CT molecular complexity index is 703. The number of hydrogen-bond acceptors (Lipinski definition) is 1. The highest BCUT2D eigenvalue weighted by atomic mass is 32.1. The second-order valence-corrected chi connectivity index (χ2v) is 4.63. The number of anilines is 2. The average Bonchev–Trinajstić information content (AvgIpc) is 2.87. The Morgan fingerprint density at radius 3 is 2.53 bits per heavy atom. The number of H-pyrrole nitrogens is 1. The van der Waals surface area contributed by atoms with E-state index in [1.807, 2.05) is 54.7 Å². The first-order valence-electron chi connectivity index (χ1n) is 6.01. The van der Waals surface area contributed by atoms with Gasteiger partial charge in [0.25, 0.3) is 0 Å². The van der Waals surface area contributed by atoms with Crippen molar-refractivity contribution in [3.8, 4) is 0 Å². The van der Waals surface area contributed by atoms with Crippen molar-refractivity contribution in [2.75, 3.05) is 10.6 Å². The van der Waals surface area contributed by atoms with Gasteiger partial charge in [0, 0.05) is 23.1 Å². The monoisotopic (exact) mass is 267 g/mol. The summed E-state index contributed by atoms with van der Waals surface area (Å²) in [6.07, 6.45) is 1.93. The highest BCUT2D eigenvalue weighted by molar-refractivity contribution is 7.80. The quantitative estimate of drug-likeness (QED) is 0.615. The van der Waals surface area contributed by atoms with Crippen molar-refractivity contribution in [3.63, 3.8) is 0 Å². The summed E-state index contributed by atoms with van der Waals surface area (Å²) in [4.78, 5) is 3.18. The van der Waals surface area contributed by atoms with Crippen LogP contribution in [0.15, 0.2) is 60.8 Å². The van der Waals surface area contributed by atoms with Crippen molar-refractivity contribution in [1.29, 1.82) is 0 Å². The fourth-order valence-corrected chi connectivity index (χ4v) is 2.18. The molecule has 4 heteroatoms. The topological polar surface area (TPSA) is 39.8 Å². The second kappa shape index (κ2) is 5.12. The fourth-order valence-electron chi connectivity index (χ4n) is 1.94. The van der Waals surface area contributed by atoms with E-state index in [9.17, 15) is 0 Å². The molecule has 0 atom stereocenters. The van der Waals surface area contributed by atoms with Crippen LogP contribution in [-0.2, 0) is 0 Å². The summed E-state index contributed by atoms with van der Waals surface area (Å²) in [7, 11) is 0. The third-order valence-electron chi connectivity index (χ3n) is 2.84.